The Labute approximate surface area is 149 Å². The Balaban J connectivity index is 2.12. The number of amidine groups is 1. The van der Waals surface area contributed by atoms with Crippen molar-refractivity contribution in [3.05, 3.63) is 70.8 Å². The predicted octanol–water partition coefficient (Wildman–Crippen LogP) is 3.91. The molecule has 0 spiro atoms. The quantitative estimate of drug-likeness (QED) is 0.861. The number of hydrogen-bond acceptors (Lipinski definition) is 4. The Hall–Kier alpha value is -3.23. The van der Waals surface area contributed by atoms with Gasteiger partial charge in [0.25, 0.3) is 5.91 Å². The highest BCUT2D eigenvalue weighted by atomic mass is 35.5. The number of hydrogen-bond donors (Lipinski definition) is 2. The van der Waals surface area contributed by atoms with E-state index in [0.29, 0.717) is 10.7 Å². The van der Waals surface area contributed by atoms with Crippen LogP contribution in [0.2, 0.25) is 5.02 Å². The molecular weight excluding hydrogens is 336 g/mol. The molecule has 0 bridgehead atoms. The standard InChI is InChI=1S/C19H13ClN4O/c20-13-7-4-8-14(10-13)24-18(23)15(9-12-5-2-1-3-6-12)17(22)16(11-21)19(24)25/h1-10,16,22-23H/b15-9+,22-17?,23-18?. The maximum Gasteiger partial charge on any atom is 0.256 e. The van der Waals surface area contributed by atoms with Gasteiger partial charge in [0.1, 0.15) is 5.84 Å². The van der Waals surface area contributed by atoms with Crippen LogP contribution in [-0.2, 0) is 4.79 Å². The third kappa shape index (κ3) is 3.08. The van der Waals surface area contributed by atoms with Gasteiger partial charge in [-0.05, 0) is 29.8 Å². The molecule has 1 unspecified atom stereocenters. The van der Waals surface area contributed by atoms with Gasteiger partial charge in [0.05, 0.1) is 17.5 Å². The van der Waals surface area contributed by atoms with Gasteiger partial charge >= 0.3 is 0 Å². The molecule has 1 atom stereocenters. The Bertz CT molecular complexity index is 943. The first-order valence-electron chi connectivity index (χ1n) is 7.46. The minimum atomic E-state index is -1.26. The van der Waals surface area contributed by atoms with E-state index < -0.39 is 11.8 Å². The SMILES string of the molecule is N#CC1C(=N)/C(=C\c2ccccc2)C(=N)N(c2cccc(Cl)c2)C1=O. The van der Waals surface area contributed by atoms with Crippen LogP contribution in [0.4, 0.5) is 5.69 Å². The summed E-state index contributed by atoms with van der Waals surface area (Å²) < 4.78 is 0. The highest BCUT2D eigenvalue weighted by Crippen LogP contribution is 2.29. The highest BCUT2D eigenvalue weighted by Gasteiger charge is 2.40. The summed E-state index contributed by atoms with van der Waals surface area (Å²) in [6.45, 7) is 0. The Morgan fingerprint density at radius 1 is 1.12 bits per heavy atom. The second-order valence-electron chi connectivity index (χ2n) is 5.45. The average molecular weight is 349 g/mol. The molecule has 5 nitrogen and oxygen atoms in total. The summed E-state index contributed by atoms with van der Waals surface area (Å²) in [7, 11) is 0. The lowest BCUT2D eigenvalue weighted by Gasteiger charge is -2.32. The smallest absolute Gasteiger partial charge is 0.256 e. The van der Waals surface area contributed by atoms with Crippen molar-refractivity contribution in [2.45, 2.75) is 0 Å². The molecule has 3 rings (SSSR count). The molecule has 1 aliphatic rings. The van der Waals surface area contributed by atoms with E-state index in [-0.39, 0.29) is 17.1 Å². The molecule has 0 saturated carbocycles. The largest absolute Gasteiger partial charge is 0.303 e. The fourth-order valence-electron chi connectivity index (χ4n) is 2.62. The third-order valence-electron chi connectivity index (χ3n) is 3.83. The molecule has 2 N–H and O–H groups in total. The third-order valence-corrected chi connectivity index (χ3v) is 4.07. The van der Waals surface area contributed by atoms with E-state index in [1.807, 2.05) is 36.4 Å². The first kappa shape index (κ1) is 16.6. The topological polar surface area (TPSA) is 91.8 Å². The first-order valence-corrected chi connectivity index (χ1v) is 7.84. The summed E-state index contributed by atoms with van der Waals surface area (Å²) in [5, 5.41) is 26.4. The van der Waals surface area contributed by atoms with E-state index in [4.69, 9.17) is 22.4 Å². The summed E-state index contributed by atoms with van der Waals surface area (Å²) in [4.78, 5) is 13.8. The molecule has 0 radical (unpaired) electrons. The van der Waals surface area contributed by atoms with Crippen molar-refractivity contribution < 1.29 is 4.79 Å². The molecular formula is C19H13ClN4O. The number of nitriles is 1. The lowest BCUT2D eigenvalue weighted by Crippen LogP contribution is -2.50. The van der Waals surface area contributed by atoms with Crippen LogP contribution in [0, 0.1) is 28.1 Å². The molecule has 1 heterocycles. The van der Waals surface area contributed by atoms with Gasteiger partial charge in [-0.15, -0.1) is 0 Å². The van der Waals surface area contributed by atoms with Gasteiger partial charge in [0.2, 0.25) is 0 Å². The maximum atomic E-state index is 12.6. The normalized spacial score (nSPS) is 19.2. The molecule has 1 saturated heterocycles. The number of carbonyl (C=O) groups excluding carboxylic acids is 1. The minimum absolute atomic E-state index is 0.146. The number of nitrogens with zero attached hydrogens (tertiary/aromatic N) is 2. The number of benzene rings is 2. The maximum absolute atomic E-state index is 12.6. The molecule has 1 aliphatic heterocycles. The number of piperidine rings is 1. The Morgan fingerprint density at radius 3 is 2.48 bits per heavy atom. The number of nitrogens with one attached hydrogen (secondary N) is 2. The molecule has 1 fully saturated rings. The summed E-state index contributed by atoms with van der Waals surface area (Å²) in [5.41, 5.74) is 1.25. The van der Waals surface area contributed by atoms with Crippen molar-refractivity contribution in [3.8, 4) is 6.07 Å². The van der Waals surface area contributed by atoms with Gasteiger partial charge in [-0.3, -0.25) is 15.1 Å². The lowest BCUT2D eigenvalue weighted by atomic mass is 9.89. The van der Waals surface area contributed by atoms with Crippen LogP contribution < -0.4 is 4.90 Å². The van der Waals surface area contributed by atoms with Gasteiger partial charge in [0.15, 0.2) is 5.92 Å². The monoisotopic (exact) mass is 348 g/mol. The molecule has 0 aromatic heterocycles. The first-order chi connectivity index (χ1) is 12.0. The van der Waals surface area contributed by atoms with Crippen LogP contribution in [-0.4, -0.2) is 17.5 Å². The van der Waals surface area contributed by atoms with Crippen LogP contribution in [0.25, 0.3) is 6.08 Å². The van der Waals surface area contributed by atoms with E-state index >= 15 is 0 Å². The molecule has 2 aromatic carbocycles. The Morgan fingerprint density at radius 2 is 1.84 bits per heavy atom. The fourth-order valence-corrected chi connectivity index (χ4v) is 2.80. The fraction of sp³-hybridized carbons (Fsp3) is 0.0526. The van der Waals surface area contributed by atoms with Crippen LogP contribution in [0.1, 0.15) is 5.56 Å². The van der Waals surface area contributed by atoms with Crippen molar-refractivity contribution in [1.82, 2.24) is 0 Å². The number of amides is 1. The highest BCUT2D eigenvalue weighted by molar-refractivity contribution is 6.44. The van der Waals surface area contributed by atoms with Crippen LogP contribution in [0.15, 0.2) is 60.2 Å². The number of carbonyl (C=O) groups is 1. The van der Waals surface area contributed by atoms with Gasteiger partial charge in [-0.2, -0.15) is 5.26 Å². The van der Waals surface area contributed by atoms with Crippen molar-refractivity contribution in [2.75, 3.05) is 4.90 Å². The van der Waals surface area contributed by atoms with Crippen LogP contribution in [0.5, 0.6) is 0 Å². The second kappa shape index (κ2) is 6.71. The van der Waals surface area contributed by atoms with Crippen molar-refractivity contribution in [3.63, 3.8) is 0 Å². The zero-order valence-electron chi connectivity index (χ0n) is 13.0. The van der Waals surface area contributed by atoms with Crippen LogP contribution >= 0.6 is 11.6 Å². The molecule has 0 aliphatic carbocycles. The van der Waals surface area contributed by atoms with E-state index in [1.165, 1.54) is 0 Å². The summed E-state index contributed by atoms with van der Waals surface area (Å²) in [6.07, 6.45) is 1.64. The predicted molar refractivity (Wildman–Crippen MR) is 97.9 cm³/mol. The van der Waals surface area contributed by atoms with E-state index in [2.05, 4.69) is 0 Å². The summed E-state index contributed by atoms with van der Waals surface area (Å²) in [6, 6.07) is 17.6. The number of halogens is 1. The van der Waals surface area contributed by atoms with E-state index in [9.17, 15) is 10.1 Å². The van der Waals surface area contributed by atoms with Crippen molar-refractivity contribution >= 4 is 40.8 Å². The van der Waals surface area contributed by atoms with Crippen molar-refractivity contribution in [2.24, 2.45) is 5.92 Å². The molecule has 1 amide bonds. The Kier molecular flexibility index (Phi) is 4.46. The minimum Gasteiger partial charge on any atom is -0.303 e. The van der Waals surface area contributed by atoms with Gasteiger partial charge in [-0.25, -0.2) is 0 Å². The molecule has 6 heteroatoms. The summed E-state index contributed by atoms with van der Waals surface area (Å²) in [5.74, 6) is -2.03. The summed E-state index contributed by atoms with van der Waals surface area (Å²) >= 11 is 5.99. The van der Waals surface area contributed by atoms with Crippen molar-refractivity contribution in [1.29, 1.82) is 16.1 Å². The number of rotatable bonds is 2. The van der Waals surface area contributed by atoms with Gasteiger partial charge in [0, 0.05) is 10.6 Å². The van der Waals surface area contributed by atoms with Crippen LogP contribution in [0.3, 0.4) is 0 Å². The van der Waals surface area contributed by atoms with E-state index in [0.717, 1.165) is 10.5 Å². The number of anilines is 1. The second-order valence-corrected chi connectivity index (χ2v) is 5.88. The zero-order chi connectivity index (χ0) is 18.0. The molecule has 2 aromatic rings. The zero-order valence-corrected chi connectivity index (χ0v) is 13.8. The van der Waals surface area contributed by atoms with Gasteiger partial charge in [-0.1, -0.05) is 48.0 Å². The van der Waals surface area contributed by atoms with Gasteiger partial charge < -0.3 is 5.41 Å². The van der Waals surface area contributed by atoms with E-state index in [1.54, 1.807) is 30.3 Å². The molecule has 25 heavy (non-hydrogen) atoms. The average Bonchev–Trinajstić information content (AvgIpc) is 2.60. The lowest BCUT2D eigenvalue weighted by molar-refractivity contribution is -0.118. The molecule has 122 valence electrons.